The standard InChI is InChI=1S/C15H29N3O.2ClH/c1-13-6-2-3-10-18(13)11-5-9-17-15(19)12-14-7-4-8-16-14;;/h13-14,16H,2-12H2,1H3,(H,17,19);2*1H. The predicted octanol–water partition coefficient (Wildman–Crippen LogP) is 2.35. The molecule has 0 aliphatic carbocycles. The molecular weight excluding hydrogens is 309 g/mol. The van der Waals surface area contributed by atoms with E-state index in [1.165, 1.54) is 32.2 Å². The molecular formula is C15H31Cl2N3O. The van der Waals surface area contributed by atoms with Crippen LogP contribution in [0.5, 0.6) is 0 Å². The number of halogens is 2. The van der Waals surface area contributed by atoms with Crippen molar-refractivity contribution in [2.75, 3.05) is 26.2 Å². The maximum Gasteiger partial charge on any atom is 0.221 e. The number of piperidine rings is 1. The number of hydrogen-bond donors (Lipinski definition) is 2. The van der Waals surface area contributed by atoms with Gasteiger partial charge in [-0.05, 0) is 52.1 Å². The molecule has 1 amide bonds. The van der Waals surface area contributed by atoms with E-state index in [1.54, 1.807) is 0 Å². The zero-order chi connectivity index (χ0) is 13.5. The monoisotopic (exact) mass is 339 g/mol. The van der Waals surface area contributed by atoms with Gasteiger partial charge < -0.3 is 15.5 Å². The topological polar surface area (TPSA) is 44.4 Å². The zero-order valence-electron chi connectivity index (χ0n) is 13.1. The Morgan fingerprint density at radius 1 is 1.24 bits per heavy atom. The Morgan fingerprint density at radius 3 is 2.71 bits per heavy atom. The van der Waals surface area contributed by atoms with E-state index >= 15 is 0 Å². The fourth-order valence-corrected chi connectivity index (χ4v) is 3.23. The largest absolute Gasteiger partial charge is 0.356 e. The second kappa shape index (κ2) is 11.5. The molecule has 126 valence electrons. The van der Waals surface area contributed by atoms with Crippen molar-refractivity contribution >= 4 is 30.7 Å². The molecule has 2 fully saturated rings. The smallest absolute Gasteiger partial charge is 0.221 e. The Balaban J connectivity index is 0.00000200. The van der Waals surface area contributed by atoms with Crippen LogP contribution in [0.4, 0.5) is 0 Å². The second-order valence-electron chi connectivity index (χ2n) is 6.08. The fourth-order valence-electron chi connectivity index (χ4n) is 3.23. The first-order chi connectivity index (χ1) is 9.25. The maximum atomic E-state index is 11.7. The summed E-state index contributed by atoms with van der Waals surface area (Å²) >= 11 is 0. The molecule has 0 radical (unpaired) electrons. The Labute approximate surface area is 141 Å². The molecule has 0 aromatic heterocycles. The first-order valence-electron chi connectivity index (χ1n) is 8.00. The van der Waals surface area contributed by atoms with E-state index in [1.807, 2.05) is 0 Å². The molecule has 2 heterocycles. The van der Waals surface area contributed by atoms with E-state index in [9.17, 15) is 4.79 Å². The lowest BCUT2D eigenvalue weighted by molar-refractivity contribution is -0.121. The van der Waals surface area contributed by atoms with Crippen molar-refractivity contribution in [1.82, 2.24) is 15.5 Å². The number of carbonyl (C=O) groups excluding carboxylic acids is 1. The van der Waals surface area contributed by atoms with Gasteiger partial charge in [-0.15, -0.1) is 24.8 Å². The van der Waals surface area contributed by atoms with Crippen molar-refractivity contribution in [1.29, 1.82) is 0 Å². The van der Waals surface area contributed by atoms with Crippen LogP contribution in [-0.4, -0.2) is 49.1 Å². The first-order valence-corrected chi connectivity index (χ1v) is 8.00. The molecule has 4 nitrogen and oxygen atoms in total. The summed E-state index contributed by atoms with van der Waals surface area (Å²) in [5.74, 6) is 0.214. The van der Waals surface area contributed by atoms with Gasteiger partial charge in [0.1, 0.15) is 0 Å². The Hall–Kier alpha value is -0.0300. The van der Waals surface area contributed by atoms with Gasteiger partial charge in [0, 0.05) is 31.6 Å². The van der Waals surface area contributed by atoms with Crippen LogP contribution in [0.2, 0.25) is 0 Å². The molecule has 2 aliphatic heterocycles. The molecule has 2 aliphatic rings. The van der Waals surface area contributed by atoms with Gasteiger partial charge in [-0.2, -0.15) is 0 Å². The van der Waals surface area contributed by atoms with Crippen molar-refractivity contribution in [3.63, 3.8) is 0 Å². The first kappa shape index (κ1) is 21.0. The van der Waals surface area contributed by atoms with Crippen molar-refractivity contribution in [2.45, 2.75) is 64.0 Å². The molecule has 0 saturated carbocycles. The van der Waals surface area contributed by atoms with Crippen molar-refractivity contribution in [3.05, 3.63) is 0 Å². The highest BCUT2D eigenvalue weighted by Gasteiger charge is 2.18. The van der Waals surface area contributed by atoms with Gasteiger partial charge in [0.2, 0.25) is 5.91 Å². The lowest BCUT2D eigenvalue weighted by atomic mass is 10.0. The predicted molar refractivity (Wildman–Crippen MR) is 92.7 cm³/mol. The highest BCUT2D eigenvalue weighted by molar-refractivity contribution is 5.85. The van der Waals surface area contributed by atoms with E-state index in [-0.39, 0.29) is 30.7 Å². The highest BCUT2D eigenvalue weighted by atomic mass is 35.5. The Morgan fingerprint density at radius 2 is 2.05 bits per heavy atom. The molecule has 2 atom stereocenters. The van der Waals surface area contributed by atoms with Gasteiger partial charge in [0.15, 0.2) is 0 Å². The maximum absolute atomic E-state index is 11.7. The average Bonchev–Trinajstić information content (AvgIpc) is 2.89. The van der Waals surface area contributed by atoms with Gasteiger partial charge in [0.25, 0.3) is 0 Å². The minimum absolute atomic E-state index is 0. The van der Waals surface area contributed by atoms with E-state index in [4.69, 9.17) is 0 Å². The van der Waals surface area contributed by atoms with Gasteiger partial charge >= 0.3 is 0 Å². The summed E-state index contributed by atoms with van der Waals surface area (Å²) < 4.78 is 0. The summed E-state index contributed by atoms with van der Waals surface area (Å²) in [7, 11) is 0. The van der Waals surface area contributed by atoms with E-state index in [0.717, 1.165) is 38.5 Å². The van der Waals surface area contributed by atoms with Gasteiger partial charge in [-0.25, -0.2) is 0 Å². The molecule has 2 saturated heterocycles. The van der Waals surface area contributed by atoms with E-state index < -0.39 is 0 Å². The van der Waals surface area contributed by atoms with Crippen LogP contribution in [0.3, 0.4) is 0 Å². The number of rotatable bonds is 6. The third-order valence-electron chi connectivity index (χ3n) is 4.48. The van der Waals surface area contributed by atoms with Crippen molar-refractivity contribution in [2.24, 2.45) is 0 Å². The van der Waals surface area contributed by atoms with Crippen LogP contribution in [0.25, 0.3) is 0 Å². The molecule has 21 heavy (non-hydrogen) atoms. The lowest BCUT2D eigenvalue weighted by Gasteiger charge is -2.33. The number of hydrogen-bond acceptors (Lipinski definition) is 3. The number of likely N-dealkylation sites (tertiary alicyclic amines) is 1. The Kier molecular flexibility index (Phi) is 11.5. The van der Waals surface area contributed by atoms with Gasteiger partial charge in [-0.1, -0.05) is 6.42 Å². The van der Waals surface area contributed by atoms with E-state index in [2.05, 4.69) is 22.5 Å². The molecule has 0 spiro atoms. The van der Waals surface area contributed by atoms with Crippen LogP contribution >= 0.6 is 24.8 Å². The molecule has 0 aromatic carbocycles. The summed E-state index contributed by atoms with van der Waals surface area (Å²) in [6.45, 7) is 6.59. The van der Waals surface area contributed by atoms with Crippen LogP contribution in [0, 0.1) is 0 Å². The summed E-state index contributed by atoms with van der Waals surface area (Å²) in [4.78, 5) is 14.3. The Bertz CT molecular complexity index is 286. The minimum Gasteiger partial charge on any atom is -0.356 e. The molecule has 2 unspecified atom stereocenters. The van der Waals surface area contributed by atoms with Crippen molar-refractivity contribution in [3.8, 4) is 0 Å². The SMILES string of the molecule is CC1CCCCN1CCCNC(=O)CC1CCCN1.Cl.Cl. The summed E-state index contributed by atoms with van der Waals surface area (Å²) in [5.41, 5.74) is 0. The third-order valence-corrected chi connectivity index (χ3v) is 4.48. The second-order valence-corrected chi connectivity index (χ2v) is 6.08. The lowest BCUT2D eigenvalue weighted by Crippen LogP contribution is -2.39. The number of nitrogens with one attached hydrogen (secondary N) is 2. The van der Waals surface area contributed by atoms with Crippen molar-refractivity contribution < 1.29 is 4.79 Å². The highest BCUT2D eigenvalue weighted by Crippen LogP contribution is 2.16. The summed E-state index contributed by atoms with van der Waals surface area (Å²) in [6.07, 6.45) is 8.14. The number of carbonyl (C=O) groups is 1. The molecule has 6 heteroatoms. The molecule has 2 rings (SSSR count). The molecule has 2 N–H and O–H groups in total. The summed E-state index contributed by atoms with van der Waals surface area (Å²) in [5, 5.41) is 6.42. The van der Waals surface area contributed by atoms with Crippen LogP contribution in [0.1, 0.15) is 51.9 Å². The number of amides is 1. The minimum atomic E-state index is 0. The third kappa shape index (κ3) is 7.68. The fraction of sp³-hybridized carbons (Fsp3) is 0.933. The van der Waals surface area contributed by atoms with Gasteiger partial charge in [-0.3, -0.25) is 4.79 Å². The number of nitrogens with zero attached hydrogens (tertiary/aromatic N) is 1. The zero-order valence-corrected chi connectivity index (χ0v) is 14.7. The van der Waals surface area contributed by atoms with Crippen LogP contribution in [-0.2, 0) is 4.79 Å². The van der Waals surface area contributed by atoms with Crippen LogP contribution < -0.4 is 10.6 Å². The average molecular weight is 340 g/mol. The van der Waals surface area contributed by atoms with Gasteiger partial charge in [0.05, 0.1) is 0 Å². The normalized spacial score (nSPS) is 25.8. The molecule has 0 aromatic rings. The quantitative estimate of drug-likeness (QED) is 0.730. The van der Waals surface area contributed by atoms with Crippen LogP contribution in [0.15, 0.2) is 0 Å². The van der Waals surface area contributed by atoms with E-state index in [0.29, 0.717) is 12.5 Å². The molecule has 0 bridgehead atoms. The summed E-state index contributed by atoms with van der Waals surface area (Å²) in [6, 6.07) is 1.15.